The lowest BCUT2D eigenvalue weighted by atomic mass is 10.0. The summed E-state index contributed by atoms with van der Waals surface area (Å²) < 4.78 is 0. The second-order valence-electron chi connectivity index (χ2n) is 4.60. The summed E-state index contributed by atoms with van der Waals surface area (Å²) in [5.74, 6) is 1.11. The Bertz CT molecular complexity index is 382. The van der Waals surface area contributed by atoms with Gasteiger partial charge in [-0.15, -0.1) is 0 Å². The fourth-order valence-corrected chi connectivity index (χ4v) is 2.58. The minimum Gasteiger partial charge on any atom is -0.373 e. The number of anilines is 1. The van der Waals surface area contributed by atoms with E-state index >= 15 is 0 Å². The molecule has 0 radical (unpaired) electrons. The largest absolute Gasteiger partial charge is 0.373 e. The van der Waals surface area contributed by atoms with Gasteiger partial charge in [-0.25, -0.2) is 4.98 Å². The number of aromatic nitrogens is 1. The molecule has 1 aromatic rings. The molecule has 2 aliphatic heterocycles. The monoisotopic (exact) mass is 230 g/mol. The van der Waals surface area contributed by atoms with Gasteiger partial charge >= 0.3 is 0 Å². The van der Waals surface area contributed by atoms with E-state index in [0.717, 1.165) is 25.6 Å². The molecule has 2 aliphatic rings. The van der Waals surface area contributed by atoms with E-state index < -0.39 is 0 Å². The average molecular weight is 230 g/mol. The quantitative estimate of drug-likeness (QED) is 0.832. The zero-order valence-electron chi connectivity index (χ0n) is 9.92. The van der Waals surface area contributed by atoms with E-state index in [2.05, 4.69) is 38.4 Å². The molecule has 0 aliphatic carbocycles. The minimum absolute atomic E-state index is 0.682. The van der Waals surface area contributed by atoms with Crippen molar-refractivity contribution in [3.63, 3.8) is 0 Å². The van der Waals surface area contributed by atoms with Crippen LogP contribution < -0.4 is 10.2 Å². The van der Waals surface area contributed by atoms with Crippen LogP contribution in [0.15, 0.2) is 36.8 Å². The number of hydrogen-bond acceptors (Lipinski definition) is 4. The first kappa shape index (κ1) is 10.4. The van der Waals surface area contributed by atoms with Gasteiger partial charge in [0.2, 0.25) is 0 Å². The van der Waals surface area contributed by atoms with Crippen LogP contribution in [0.5, 0.6) is 0 Å². The normalized spacial score (nSPS) is 20.7. The summed E-state index contributed by atoms with van der Waals surface area (Å²) in [5.41, 5.74) is 0. The standard InChI is InChI=1S/C13H18N4/c1-2-6-15-13(3-1)16-8-4-12(5-9-16)17-10-7-14-11-17/h1-3,6-7,10,12,14H,4-5,8-9,11H2. The zero-order valence-corrected chi connectivity index (χ0v) is 9.92. The molecule has 0 bridgehead atoms. The molecule has 4 nitrogen and oxygen atoms in total. The van der Waals surface area contributed by atoms with Gasteiger partial charge in [-0.3, -0.25) is 0 Å². The van der Waals surface area contributed by atoms with E-state index in [4.69, 9.17) is 0 Å². The maximum Gasteiger partial charge on any atom is 0.128 e. The Hall–Kier alpha value is -1.71. The highest BCUT2D eigenvalue weighted by Crippen LogP contribution is 2.21. The first-order chi connectivity index (χ1) is 8.43. The summed E-state index contributed by atoms with van der Waals surface area (Å²) in [6.07, 6.45) is 8.49. The van der Waals surface area contributed by atoms with Crippen LogP contribution in [0.3, 0.4) is 0 Å². The van der Waals surface area contributed by atoms with Crippen molar-refractivity contribution in [1.82, 2.24) is 15.2 Å². The van der Waals surface area contributed by atoms with Crippen LogP contribution in [0.4, 0.5) is 5.82 Å². The van der Waals surface area contributed by atoms with Gasteiger partial charge in [-0.05, 0) is 25.0 Å². The van der Waals surface area contributed by atoms with Crippen LogP contribution in [-0.2, 0) is 0 Å². The van der Waals surface area contributed by atoms with Crippen LogP contribution in [0, 0.1) is 0 Å². The molecule has 1 saturated heterocycles. The van der Waals surface area contributed by atoms with E-state index in [-0.39, 0.29) is 0 Å². The van der Waals surface area contributed by atoms with Gasteiger partial charge in [0.25, 0.3) is 0 Å². The van der Waals surface area contributed by atoms with E-state index in [1.54, 1.807) is 0 Å². The zero-order chi connectivity index (χ0) is 11.5. The predicted octanol–water partition coefficient (Wildman–Crippen LogP) is 1.38. The molecule has 90 valence electrons. The molecule has 1 N–H and O–H groups in total. The van der Waals surface area contributed by atoms with Crippen molar-refractivity contribution in [1.29, 1.82) is 0 Å². The van der Waals surface area contributed by atoms with E-state index in [1.807, 2.05) is 18.5 Å². The van der Waals surface area contributed by atoms with Gasteiger partial charge in [0, 0.05) is 37.7 Å². The van der Waals surface area contributed by atoms with Crippen LogP contribution >= 0.6 is 0 Å². The fourth-order valence-electron chi connectivity index (χ4n) is 2.58. The minimum atomic E-state index is 0.682. The molecule has 0 aromatic carbocycles. The third-order valence-electron chi connectivity index (χ3n) is 3.56. The van der Waals surface area contributed by atoms with Gasteiger partial charge in [0.05, 0.1) is 6.67 Å². The molecule has 3 rings (SSSR count). The van der Waals surface area contributed by atoms with E-state index in [9.17, 15) is 0 Å². The Kier molecular flexibility index (Phi) is 2.86. The van der Waals surface area contributed by atoms with Crippen molar-refractivity contribution < 1.29 is 0 Å². The molecular formula is C13H18N4. The summed E-state index contributed by atoms with van der Waals surface area (Å²) in [7, 11) is 0. The second-order valence-corrected chi connectivity index (χ2v) is 4.60. The number of nitrogens with zero attached hydrogens (tertiary/aromatic N) is 3. The highest BCUT2D eigenvalue weighted by Gasteiger charge is 2.24. The summed E-state index contributed by atoms with van der Waals surface area (Å²) >= 11 is 0. The maximum absolute atomic E-state index is 4.41. The van der Waals surface area contributed by atoms with E-state index in [0.29, 0.717) is 6.04 Å². The first-order valence-corrected chi connectivity index (χ1v) is 6.25. The van der Waals surface area contributed by atoms with Crippen molar-refractivity contribution in [2.75, 3.05) is 24.7 Å². The molecule has 0 unspecified atom stereocenters. The fraction of sp³-hybridized carbons (Fsp3) is 0.462. The molecule has 17 heavy (non-hydrogen) atoms. The lowest BCUT2D eigenvalue weighted by molar-refractivity contribution is 0.245. The van der Waals surface area contributed by atoms with Gasteiger partial charge in [-0.2, -0.15) is 0 Å². The lowest BCUT2D eigenvalue weighted by Gasteiger charge is -2.37. The third kappa shape index (κ3) is 2.20. The molecule has 0 amide bonds. The summed E-state index contributed by atoms with van der Waals surface area (Å²) in [4.78, 5) is 9.19. The lowest BCUT2D eigenvalue weighted by Crippen LogP contribution is -2.43. The van der Waals surface area contributed by atoms with Crippen molar-refractivity contribution in [2.45, 2.75) is 18.9 Å². The van der Waals surface area contributed by atoms with Crippen LogP contribution in [0.1, 0.15) is 12.8 Å². The smallest absolute Gasteiger partial charge is 0.128 e. The highest BCUT2D eigenvalue weighted by atomic mass is 15.3. The van der Waals surface area contributed by atoms with E-state index in [1.165, 1.54) is 12.8 Å². The first-order valence-electron chi connectivity index (χ1n) is 6.25. The van der Waals surface area contributed by atoms with Crippen molar-refractivity contribution in [3.8, 4) is 0 Å². The number of rotatable bonds is 2. The molecule has 0 spiro atoms. The molecule has 3 heterocycles. The molecule has 0 atom stereocenters. The second kappa shape index (κ2) is 4.65. The van der Waals surface area contributed by atoms with Crippen molar-refractivity contribution >= 4 is 5.82 Å². The van der Waals surface area contributed by atoms with Gasteiger partial charge in [0.15, 0.2) is 0 Å². The average Bonchev–Trinajstić information content (AvgIpc) is 2.94. The Morgan fingerprint density at radius 3 is 2.76 bits per heavy atom. The number of piperidine rings is 1. The van der Waals surface area contributed by atoms with Gasteiger partial charge in [-0.1, -0.05) is 6.07 Å². The maximum atomic E-state index is 4.41. The van der Waals surface area contributed by atoms with Crippen molar-refractivity contribution in [2.24, 2.45) is 0 Å². The Labute approximate surface area is 102 Å². The summed E-state index contributed by atoms with van der Waals surface area (Å²) in [6, 6.07) is 6.80. The molecule has 0 saturated carbocycles. The van der Waals surface area contributed by atoms with Crippen LogP contribution in [-0.4, -0.2) is 35.7 Å². The Balaban J connectivity index is 1.59. The molecule has 4 heteroatoms. The van der Waals surface area contributed by atoms with Crippen molar-refractivity contribution in [3.05, 3.63) is 36.8 Å². The number of hydrogen-bond donors (Lipinski definition) is 1. The van der Waals surface area contributed by atoms with Crippen LogP contribution in [0.25, 0.3) is 0 Å². The topological polar surface area (TPSA) is 31.4 Å². The summed E-state index contributed by atoms with van der Waals surface area (Å²) in [6.45, 7) is 3.17. The molecule has 1 aromatic heterocycles. The Morgan fingerprint density at radius 1 is 1.24 bits per heavy atom. The number of nitrogens with one attached hydrogen (secondary N) is 1. The third-order valence-corrected chi connectivity index (χ3v) is 3.56. The van der Waals surface area contributed by atoms with Crippen LogP contribution in [0.2, 0.25) is 0 Å². The number of pyridine rings is 1. The Morgan fingerprint density at radius 2 is 2.12 bits per heavy atom. The molecular weight excluding hydrogens is 212 g/mol. The highest BCUT2D eigenvalue weighted by molar-refractivity contribution is 5.38. The SMILES string of the molecule is C1=CN(C2CCN(c3ccccn3)CC2)CN1. The predicted molar refractivity (Wildman–Crippen MR) is 68.5 cm³/mol. The summed E-state index contributed by atoms with van der Waals surface area (Å²) in [5, 5.41) is 3.23. The van der Waals surface area contributed by atoms with Gasteiger partial charge in [0.1, 0.15) is 5.82 Å². The van der Waals surface area contributed by atoms with Gasteiger partial charge < -0.3 is 15.1 Å². The molecule has 1 fully saturated rings.